The Morgan fingerprint density at radius 3 is 2.31 bits per heavy atom. The Bertz CT molecular complexity index is 1030. The largest absolute Gasteiger partial charge is 0.376 e. The summed E-state index contributed by atoms with van der Waals surface area (Å²) >= 11 is 0. The third-order valence-corrected chi connectivity index (χ3v) is 11.2. The van der Waals surface area contributed by atoms with Gasteiger partial charge < -0.3 is 10.2 Å². The minimum Gasteiger partial charge on any atom is -0.376 e. The molecular weight excluding hydrogens is 448 g/mol. The Hall–Kier alpha value is -1.61. The van der Waals surface area contributed by atoms with Gasteiger partial charge in [0.15, 0.2) is 19.7 Å². The minimum absolute atomic E-state index is 0.0278. The van der Waals surface area contributed by atoms with Gasteiger partial charge in [0, 0.05) is 17.8 Å². The maximum atomic E-state index is 13.3. The highest BCUT2D eigenvalue weighted by molar-refractivity contribution is 7.92. The molecule has 0 bridgehead atoms. The lowest BCUT2D eigenvalue weighted by atomic mass is 9.93. The van der Waals surface area contributed by atoms with Crippen LogP contribution < -0.4 is 5.32 Å². The van der Waals surface area contributed by atoms with Gasteiger partial charge in [-0.1, -0.05) is 38.2 Å². The third-order valence-electron chi connectivity index (χ3n) is 7.21. The highest BCUT2D eigenvalue weighted by atomic mass is 32.2. The van der Waals surface area contributed by atoms with Gasteiger partial charge in [-0.25, -0.2) is 16.8 Å². The van der Waals surface area contributed by atoms with E-state index >= 15 is 0 Å². The molecule has 3 aliphatic rings. The standard InChI is InChI=1S/C23H34N2O5S2/c26-23(25(19-8-2-1-3-9-19)20-13-14-31(27,28)17-20)16-24-18-7-6-12-22(15-18)32(29,30)21-10-4-5-11-21/h6-7,12,15,19-21,24H,1-5,8-11,13-14,16-17H2. The van der Waals surface area contributed by atoms with Crippen molar-refractivity contribution in [1.29, 1.82) is 0 Å². The number of hydrogen-bond donors (Lipinski definition) is 1. The molecule has 1 aliphatic heterocycles. The fourth-order valence-electron chi connectivity index (χ4n) is 5.50. The topological polar surface area (TPSA) is 101 Å². The predicted molar refractivity (Wildman–Crippen MR) is 125 cm³/mol. The molecule has 4 rings (SSSR count). The van der Waals surface area contributed by atoms with Crippen molar-refractivity contribution >= 4 is 31.3 Å². The zero-order valence-corrected chi connectivity index (χ0v) is 20.2. The second kappa shape index (κ2) is 9.71. The first-order valence-electron chi connectivity index (χ1n) is 11.9. The SMILES string of the molecule is O=C(CNc1cccc(S(=O)(=O)C2CCCC2)c1)N(C1CCCCC1)C1CCS(=O)(=O)C1. The summed E-state index contributed by atoms with van der Waals surface area (Å²) in [5, 5.41) is 2.79. The number of anilines is 1. The molecule has 1 saturated heterocycles. The van der Waals surface area contributed by atoms with Crippen molar-refractivity contribution in [2.75, 3.05) is 23.4 Å². The molecule has 1 aromatic rings. The summed E-state index contributed by atoms with van der Waals surface area (Å²) in [6, 6.07) is 6.55. The number of carbonyl (C=O) groups is 1. The van der Waals surface area contributed by atoms with Gasteiger partial charge >= 0.3 is 0 Å². The number of rotatable bonds is 7. The van der Waals surface area contributed by atoms with Crippen molar-refractivity contribution in [3.8, 4) is 0 Å². The predicted octanol–water partition coefficient (Wildman–Crippen LogP) is 3.16. The van der Waals surface area contributed by atoms with Crippen molar-refractivity contribution in [3.05, 3.63) is 24.3 Å². The van der Waals surface area contributed by atoms with Crippen molar-refractivity contribution < 1.29 is 21.6 Å². The summed E-state index contributed by atoms with van der Waals surface area (Å²) in [4.78, 5) is 15.4. The first kappa shape index (κ1) is 23.5. The molecule has 1 atom stereocenters. The van der Waals surface area contributed by atoms with Crippen LogP contribution in [0.15, 0.2) is 29.2 Å². The van der Waals surface area contributed by atoms with Gasteiger partial charge in [-0.15, -0.1) is 0 Å². The summed E-state index contributed by atoms with van der Waals surface area (Å²) < 4.78 is 49.9. The van der Waals surface area contributed by atoms with Gasteiger partial charge in [-0.2, -0.15) is 0 Å². The lowest BCUT2D eigenvalue weighted by Gasteiger charge is -2.38. The van der Waals surface area contributed by atoms with Crippen LogP contribution in [0.4, 0.5) is 5.69 Å². The quantitative estimate of drug-likeness (QED) is 0.641. The first-order valence-corrected chi connectivity index (χ1v) is 15.2. The minimum atomic E-state index is -3.36. The van der Waals surface area contributed by atoms with Crippen LogP contribution in [0, 0.1) is 0 Å². The maximum Gasteiger partial charge on any atom is 0.242 e. The fourth-order valence-corrected chi connectivity index (χ4v) is 9.11. The van der Waals surface area contributed by atoms with Crippen molar-refractivity contribution in [2.24, 2.45) is 0 Å². The van der Waals surface area contributed by atoms with Gasteiger partial charge in [-0.05, 0) is 50.3 Å². The molecular formula is C23H34N2O5S2. The van der Waals surface area contributed by atoms with E-state index in [1.165, 1.54) is 0 Å². The number of nitrogens with zero attached hydrogens (tertiary/aromatic N) is 1. The number of nitrogens with one attached hydrogen (secondary N) is 1. The number of benzene rings is 1. The Balaban J connectivity index is 1.46. The molecule has 1 aromatic carbocycles. The molecule has 0 spiro atoms. The molecule has 0 radical (unpaired) electrons. The van der Waals surface area contributed by atoms with Crippen molar-refractivity contribution in [1.82, 2.24) is 4.90 Å². The van der Waals surface area contributed by atoms with E-state index < -0.39 is 19.7 Å². The van der Waals surface area contributed by atoms with E-state index in [0.29, 0.717) is 29.8 Å². The second-order valence-corrected chi connectivity index (χ2v) is 13.9. The van der Waals surface area contributed by atoms with E-state index in [4.69, 9.17) is 0 Å². The van der Waals surface area contributed by atoms with Gasteiger partial charge in [0.2, 0.25) is 5.91 Å². The van der Waals surface area contributed by atoms with E-state index in [9.17, 15) is 21.6 Å². The average Bonchev–Trinajstić information content (AvgIpc) is 3.44. The van der Waals surface area contributed by atoms with E-state index in [1.807, 2.05) is 4.90 Å². The molecule has 1 N–H and O–H groups in total. The molecule has 9 heteroatoms. The summed E-state index contributed by atoms with van der Waals surface area (Å²) in [6.45, 7) is 0.0278. The molecule has 0 aromatic heterocycles. The number of hydrogen-bond acceptors (Lipinski definition) is 6. The first-order chi connectivity index (χ1) is 15.3. The van der Waals surface area contributed by atoms with Gasteiger partial charge in [-0.3, -0.25) is 4.79 Å². The molecule has 2 saturated carbocycles. The fraction of sp³-hybridized carbons (Fsp3) is 0.696. The molecule has 178 valence electrons. The van der Waals surface area contributed by atoms with E-state index in [-0.39, 0.29) is 41.3 Å². The van der Waals surface area contributed by atoms with Gasteiger partial charge in [0.1, 0.15) is 0 Å². The lowest BCUT2D eigenvalue weighted by Crippen LogP contribution is -2.50. The molecule has 32 heavy (non-hydrogen) atoms. The Morgan fingerprint density at radius 1 is 0.969 bits per heavy atom. The molecule has 1 unspecified atom stereocenters. The average molecular weight is 483 g/mol. The normalized spacial score (nSPS) is 24.4. The zero-order chi connectivity index (χ0) is 22.8. The number of sulfone groups is 2. The Labute approximate surface area is 191 Å². The lowest BCUT2D eigenvalue weighted by molar-refractivity contribution is -0.134. The van der Waals surface area contributed by atoms with Crippen LogP contribution in [0.25, 0.3) is 0 Å². The highest BCUT2D eigenvalue weighted by Gasteiger charge is 2.38. The summed E-state index contributed by atoms with van der Waals surface area (Å²) in [6.07, 6.45) is 8.91. The second-order valence-electron chi connectivity index (χ2n) is 9.48. The van der Waals surface area contributed by atoms with E-state index in [2.05, 4.69) is 5.32 Å². The smallest absolute Gasteiger partial charge is 0.242 e. The summed E-state index contributed by atoms with van der Waals surface area (Å²) in [5.74, 6) is 0.0792. The third kappa shape index (κ3) is 5.30. The van der Waals surface area contributed by atoms with Crippen molar-refractivity contribution in [3.63, 3.8) is 0 Å². The summed E-state index contributed by atoms with van der Waals surface area (Å²) in [5.41, 5.74) is 0.597. The van der Waals surface area contributed by atoms with Crippen LogP contribution in [0.5, 0.6) is 0 Å². The number of carbonyl (C=O) groups excluding carboxylic acids is 1. The highest BCUT2D eigenvalue weighted by Crippen LogP contribution is 2.31. The van der Waals surface area contributed by atoms with Crippen LogP contribution in [0.3, 0.4) is 0 Å². The Kier molecular flexibility index (Phi) is 7.14. The molecule has 1 amide bonds. The van der Waals surface area contributed by atoms with Crippen LogP contribution in [-0.2, 0) is 24.5 Å². The summed E-state index contributed by atoms with van der Waals surface area (Å²) in [7, 11) is -6.45. The van der Waals surface area contributed by atoms with Crippen LogP contribution in [-0.4, -0.2) is 63.0 Å². The van der Waals surface area contributed by atoms with E-state index in [1.54, 1.807) is 24.3 Å². The van der Waals surface area contributed by atoms with Crippen LogP contribution in [0.2, 0.25) is 0 Å². The van der Waals surface area contributed by atoms with Crippen molar-refractivity contribution in [2.45, 2.75) is 86.4 Å². The van der Waals surface area contributed by atoms with E-state index in [0.717, 1.165) is 44.9 Å². The van der Waals surface area contributed by atoms with Gasteiger partial charge in [0.25, 0.3) is 0 Å². The molecule has 2 aliphatic carbocycles. The van der Waals surface area contributed by atoms with Crippen LogP contribution >= 0.6 is 0 Å². The monoisotopic (exact) mass is 482 g/mol. The van der Waals surface area contributed by atoms with Gasteiger partial charge in [0.05, 0.1) is 28.2 Å². The number of amides is 1. The molecule has 1 heterocycles. The van der Waals surface area contributed by atoms with Crippen LogP contribution in [0.1, 0.15) is 64.2 Å². The molecule has 7 nitrogen and oxygen atoms in total. The maximum absolute atomic E-state index is 13.3. The molecule has 3 fully saturated rings. The Morgan fingerprint density at radius 2 is 1.66 bits per heavy atom. The zero-order valence-electron chi connectivity index (χ0n) is 18.5.